The van der Waals surface area contributed by atoms with Crippen LogP contribution in [-0.4, -0.2) is 35.8 Å². The third-order valence-electron chi connectivity index (χ3n) is 5.14. The lowest BCUT2D eigenvalue weighted by Crippen LogP contribution is -2.50. The Morgan fingerprint density at radius 1 is 1.22 bits per heavy atom. The van der Waals surface area contributed by atoms with Crippen molar-refractivity contribution >= 4 is 23.2 Å². The molecule has 1 aromatic rings. The molecule has 126 valence electrons. The lowest BCUT2D eigenvalue weighted by molar-refractivity contribution is -0.137. The maximum Gasteiger partial charge on any atom is 0.225 e. The predicted octanol–water partition coefficient (Wildman–Crippen LogP) is 2.98. The van der Waals surface area contributed by atoms with E-state index in [0.29, 0.717) is 25.4 Å². The molecular formula is C18H26N2O2S. The SMILES string of the molecule is O=C(Cc1cccs1)NCCC(=O)N1CCCC2CCCCC21. The van der Waals surface area contributed by atoms with Crippen LogP contribution in [0.15, 0.2) is 17.5 Å². The second kappa shape index (κ2) is 7.95. The van der Waals surface area contributed by atoms with Gasteiger partial charge in [-0.2, -0.15) is 0 Å². The highest BCUT2D eigenvalue weighted by molar-refractivity contribution is 7.10. The summed E-state index contributed by atoms with van der Waals surface area (Å²) in [5.41, 5.74) is 0. The molecule has 2 amide bonds. The van der Waals surface area contributed by atoms with Gasteiger partial charge in [-0.25, -0.2) is 0 Å². The van der Waals surface area contributed by atoms with Gasteiger partial charge in [-0.1, -0.05) is 18.9 Å². The van der Waals surface area contributed by atoms with Crippen molar-refractivity contribution in [1.82, 2.24) is 10.2 Å². The lowest BCUT2D eigenvalue weighted by atomic mass is 9.78. The van der Waals surface area contributed by atoms with Gasteiger partial charge >= 0.3 is 0 Å². The van der Waals surface area contributed by atoms with Crippen LogP contribution in [0, 0.1) is 5.92 Å². The molecule has 2 fully saturated rings. The highest BCUT2D eigenvalue weighted by Crippen LogP contribution is 2.35. The van der Waals surface area contributed by atoms with Crippen molar-refractivity contribution in [3.63, 3.8) is 0 Å². The van der Waals surface area contributed by atoms with Crippen LogP contribution in [0.25, 0.3) is 0 Å². The average molecular weight is 334 g/mol. The second-order valence-electron chi connectivity index (χ2n) is 6.70. The topological polar surface area (TPSA) is 49.4 Å². The van der Waals surface area contributed by atoms with Gasteiger partial charge < -0.3 is 10.2 Å². The molecule has 1 aromatic heterocycles. The normalized spacial score (nSPS) is 24.1. The molecule has 1 aliphatic heterocycles. The molecule has 5 heteroatoms. The van der Waals surface area contributed by atoms with Crippen molar-refractivity contribution in [2.75, 3.05) is 13.1 Å². The smallest absolute Gasteiger partial charge is 0.225 e. The largest absolute Gasteiger partial charge is 0.355 e. The summed E-state index contributed by atoms with van der Waals surface area (Å²) in [5, 5.41) is 4.86. The van der Waals surface area contributed by atoms with E-state index < -0.39 is 0 Å². The first-order chi connectivity index (χ1) is 11.2. The molecule has 2 atom stereocenters. The zero-order chi connectivity index (χ0) is 16.1. The summed E-state index contributed by atoms with van der Waals surface area (Å²) >= 11 is 1.59. The lowest BCUT2D eigenvalue weighted by Gasteiger charge is -2.44. The number of nitrogens with one attached hydrogen (secondary N) is 1. The summed E-state index contributed by atoms with van der Waals surface area (Å²) in [6.07, 6.45) is 8.29. The Morgan fingerprint density at radius 3 is 2.87 bits per heavy atom. The van der Waals surface area contributed by atoms with Crippen LogP contribution in [0.1, 0.15) is 49.8 Å². The third kappa shape index (κ3) is 4.34. The molecule has 0 bridgehead atoms. The first-order valence-corrected chi connectivity index (χ1v) is 9.70. The molecule has 3 rings (SSSR count). The Hall–Kier alpha value is -1.36. The van der Waals surface area contributed by atoms with E-state index in [1.54, 1.807) is 11.3 Å². The molecule has 0 spiro atoms. The van der Waals surface area contributed by atoms with Crippen LogP contribution in [0.4, 0.5) is 0 Å². The Kier molecular flexibility index (Phi) is 5.70. The molecule has 0 aromatic carbocycles. The maximum atomic E-state index is 12.5. The van der Waals surface area contributed by atoms with Crippen molar-refractivity contribution in [2.24, 2.45) is 5.92 Å². The summed E-state index contributed by atoms with van der Waals surface area (Å²) in [6, 6.07) is 4.38. The van der Waals surface area contributed by atoms with E-state index in [1.807, 2.05) is 17.5 Å². The monoisotopic (exact) mass is 334 g/mol. The molecule has 2 heterocycles. The minimum absolute atomic E-state index is 0.00874. The van der Waals surface area contributed by atoms with Crippen molar-refractivity contribution in [1.29, 1.82) is 0 Å². The van der Waals surface area contributed by atoms with Gasteiger partial charge in [-0.05, 0) is 43.0 Å². The van der Waals surface area contributed by atoms with Crippen LogP contribution in [0.5, 0.6) is 0 Å². The summed E-state index contributed by atoms with van der Waals surface area (Å²) < 4.78 is 0. The molecule has 1 N–H and O–H groups in total. The zero-order valence-corrected chi connectivity index (χ0v) is 14.4. The van der Waals surface area contributed by atoms with Gasteiger partial charge in [0.2, 0.25) is 11.8 Å². The molecule has 0 radical (unpaired) electrons. The summed E-state index contributed by atoms with van der Waals surface area (Å²) in [7, 11) is 0. The van der Waals surface area contributed by atoms with Gasteiger partial charge in [0, 0.05) is 30.4 Å². The standard InChI is InChI=1S/C18H26N2O2S/c21-17(13-15-7-4-12-23-15)19-10-9-18(22)20-11-3-6-14-5-1-2-8-16(14)20/h4,7,12,14,16H,1-3,5-6,8-11,13H2,(H,19,21). The van der Waals surface area contributed by atoms with Crippen molar-refractivity contribution < 1.29 is 9.59 Å². The first-order valence-electron chi connectivity index (χ1n) is 8.82. The third-order valence-corrected chi connectivity index (χ3v) is 6.02. The quantitative estimate of drug-likeness (QED) is 0.900. The molecular weight excluding hydrogens is 308 g/mol. The molecule has 2 aliphatic rings. The highest BCUT2D eigenvalue weighted by atomic mass is 32.1. The van der Waals surface area contributed by atoms with Gasteiger partial charge in [0.05, 0.1) is 6.42 Å². The number of rotatable bonds is 5. The zero-order valence-electron chi connectivity index (χ0n) is 13.6. The summed E-state index contributed by atoms with van der Waals surface area (Å²) in [6.45, 7) is 1.36. The molecule has 1 saturated heterocycles. The number of fused-ring (bicyclic) bond motifs is 1. The summed E-state index contributed by atoms with van der Waals surface area (Å²) in [4.78, 5) is 27.6. The van der Waals surface area contributed by atoms with E-state index in [0.717, 1.165) is 23.8 Å². The van der Waals surface area contributed by atoms with E-state index in [-0.39, 0.29) is 11.8 Å². The molecule has 2 unspecified atom stereocenters. The van der Waals surface area contributed by atoms with Gasteiger partial charge in [0.15, 0.2) is 0 Å². The van der Waals surface area contributed by atoms with Crippen molar-refractivity contribution in [3.05, 3.63) is 22.4 Å². The number of carbonyl (C=O) groups is 2. The Morgan fingerprint density at radius 2 is 2.04 bits per heavy atom. The summed E-state index contributed by atoms with van der Waals surface area (Å²) in [5.74, 6) is 0.947. The van der Waals surface area contributed by atoms with E-state index in [1.165, 1.54) is 32.1 Å². The van der Waals surface area contributed by atoms with E-state index in [4.69, 9.17) is 0 Å². The number of piperidine rings is 1. The van der Waals surface area contributed by atoms with Crippen LogP contribution in [-0.2, 0) is 16.0 Å². The van der Waals surface area contributed by atoms with E-state index >= 15 is 0 Å². The number of carbonyl (C=O) groups excluding carboxylic acids is 2. The number of thiophene rings is 1. The van der Waals surface area contributed by atoms with E-state index in [2.05, 4.69) is 10.2 Å². The number of likely N-dealkylation sites (tertiary alicyclic amines) is 1. The molecule has 1 aliphatic carbocycles. The number of hydrogen-bond acceptors (Lipinski definition) is 3. The molecule has 4 nitrogen and oxygen atoms in total. The number of hydrogen-bond donors (Lipinski definition) is 1. The Labute approximate surface area is 142 Å². The van der Waals surface area contributed by atoms with Gasteiger partial charge in [-0.3, -0.25) is 9.59 Å². The average Bonchev–Trinajstić information content (AvgIpc) is 3.07. The minimum atomic E-state index is 0.00874. The van der Waals surface area contributed by atoms with E-state index in [9.17, 15) is 9.59 Å². The molecule has 23 heavy (non-hydrogen) atoms. The van der Waals surface area contributed by atoms with Gasteiger partial charge in [0.1, 0.15) is 0 Å². The second-order valence-corrected chi connectivity index (χ2v) is 7.73. The Balaban J connectivity index is 1.42. The van der Waals surface area contributed by atoms with Crippen LogP contribution >= 0.6 is 11.3 Å². The maximum absolute atomic E-state index is 12.5. The fourth-order valence-electron chi connectivity index (χ4n) is 4.02. The fourth-order valence-corrected chi connectivity index (χ4v) is 4.72. The first kappa shape index (κ1) is 16.5. The van der Waals surface area contributed by atoms with Crippen LogP contribution in [0.3, 0.4) is 0 Å². The molecule has 1 saturated carbocycles. The van der Waals surface area contributed by atoms with Crippen LogP contribution in [0.2, 0.25) is 0 Å². The van der Waals surface area contributed by atoms with Crippen LogP contribution < -0.4 is 5.32 Å². The Bertz CT molecular complexity index is 527. The highest BCUT2D eigenvalue weighted by Gasteiger charge is 2.35. The van der Waals surface area contributed by atoms with Crippen molar-refractivity contribution in [3.8, 4) is 0 Å². The van der Waals surface area contributed by atoms with Crippen molar-refractivity contribution in [2.45, 2.75) is 57.4 Å². The fraction of sp³-hybridized carbons (Fsp3) is 0.667. The van der Waals surface area contributed by atoms with Gasteiger partial charge in [-0.15, -0.1) is 11.3 Å². The number of amides is 2. The van der Waals surface area contributed by atoms with Gasteiger partial charge in [0.25, 0.3) is 0 Å². The minimum Gasteiger partial charge on any atom is -0.355 e. The predicted molar refractivity (Wildman–Crippen MR) is 92.3 cm³/mol. The number of nitrogens with zero attached hydrogens (tertiary/aromatic N) is 1.